The molecule has 4 N–H and O–H groups in total. The van der Waals surface area contributed by atoms with E-state index >= 15 is 0 Å². The number of ether oxygens (including phenoxy) is 1. The second-order valence-corrected chi connectivity index (χ2v) is 5.73. The molecule has 1 aromatic carbocycles. The van der Waals surface area contributed by atoms with Gasteiger partial charge in [-0.3, -0.25) is 0 Å². The van der Waals surface area contributed by atoms with Crippen molar-refractivity contribution in [2.24, 2.45) is 10.2 Å². The van der Waals surface area contributed by atoms with E-state index in [0.29, 0.717) is 11.4 Å². The summed E-state index contributed by atoms with van der Waals surface area (Å²) in [6.45, 7) is 1.89. The molecule has 0 fully saturated rings. The molecule has 1 aromatic heterocycles. The van der Waals surface area contributed by atoms with Crippen molar-refractivity contribution in [2.45, 2.75) is 11.0 Å². The van der Waals surface area contributed by atoms with Gasteiger partial charge in [0, 0.05) is 6.07 Å². The summed E-state index contributed by atoms with van der Waals surface area (Å²) in [5, 5.41) is 8.24. The number of alkyl halides is 1. The predicted molar refractivity (Wildman–Crippen MR) is 87.8 cm³/mol. The highest BCUT2D eigenvalue weighted by molar-refractivity contribution is 14.1. The molecule has 1 unspecified atom stereocenters. The maximum atomic E-state index is 5.83. The number of rotatable bonds is 4. The van der Waals surface area contributed by atoms with Crippen molar-refractivity contribution in [1.82, 2.24) is 4.98 Å². The predicted octanol–water partition coefficient (Wildman–Crippen LogP) is 3.82. The molecular formula is C13H14IN5O. The first kappa shape index (κ1) is 14.5. The molecule has 0 aliphatic carbocycles. The molecule has 1 atom stereocenters. The number of benzene rings is 1. The van der Waals surface area contributed by atoms with E-state index in [9.17, 15) is 0 Å². The Bertz CT molecular complexity index is 616. The van der Waals surface area contributed by atoms with Gasteiger partial charge in [0.15, 0.2) is 17.3 Å². The number of aromatic nitrogens is 1. The van der Waals surface area contributed by atoms with Crippen LogP contribution in [0.25, 0.3) is 0 Å². The standard InChI is InChI=1S/C13H14IN5O/c1-8(14)20-10-7-11(15)17-13(16)12(10)19-18-9-5-3-2-4-6-9/h2-8H,1H3,(H4,15,16,17)/b19-18+. The molecule has 0 aliphatic heterocycles. The fraction of sp³-hybridized carbons (Fsp3) is 0.154. The Balaban J connectivity index is 2.37. The van der Waals surface area contributed by atoms with Gasteiger partial charge >= 0.3 is 0 Å². The fourth-order valence-electron chi connectivity index (χ4n) is 1.52. The highest BCUT2D eigenvalue weighted by Crippen LogP contribution is 2.36. The molecular weight excluding hydrogens is 369 g/mol. The van der Waals surface area contributed by atoms with E-state index in [-0.39, 0.29) is 15.7 Å². The summed E-state index contributed by atoms with van der Waals surface area (Å²) in [4.78, 5) is 3.97. The topological polar surface area (TPSA) is 98.9 Å². The lowest BCUT2D eigenvalue weighted by Gasteiger charge is -2.12. The van der Waals surface area contributed by atoms with Crippen molar-refractivity contribution in [2.75, 3.05) is 11.5 Å². The zero-order chi connectivity index (χ0) is 14.5. The minimum absolute atomic E-state index is 0.0560. The number of nitrogen functional groups attached to an aromatic ring is 2. The fourth-order valence-corrected chi connectivity index (χ4v) is 1.79. The second-order valence-electron chi connectivity index (χ2n) is 3.98. The van der Waals surface area contributed by atoms with Crippen molar-refractivity contribution in [3.05, 3.63) is 36.4 Å². The van der Waals surface area contributed by atoms with Crippen molar-refractivity contribution < 1.29 is 4.74 Å². The van der Waals surface area contributed by atoms with Crippen LogP contribution >= 0.6 is 22.6 Å². The lowest BCUT2D eigenvalue weighted by Crippen LogP contribution is -2.05. The molecule has 0 saturated heterocycles. The molecule has 0 bridgehead atoms. The largest absolute Gasteiger partial charge is 0.478 e. The summed E-state index contributed by atoms with van der Waals surface area (Å²) >= 11 is 2.13. The molecule has 7 heteroatoms. The Morgan fingerprint density at radius 3 is 2.55 bits per heavy atom. The van der Waals surface area contributed by atoms with Gasteiger partial charge in [-0.25, -0.2) is 4.98 Å². The molecule has 6 nitrogen and oxygen atoms in total. The Kier molecular flexibility index (Phi) is 4.72. The van der Waals surface area contributed by atoms with Gasteiger partial charge in [0.25, 0.3) is 0 Å². The van der Waals surface area contributed by atoms with Crippen LogP contribution < -0.4 is 16.2 Å². The molecule has 0 saturated carbocycles. The zero-order valence-electron chi connectivity index (χ0n) is 10.8. The van der Waals surface area contributed by atoms with E-state index in [4.69, 9.17) is 16.2 Å². The monoisotopic (exact) mass is 383 g/mol. The number of hydrogen-bond acceptors (Lipinski definition) is 6. The minimum Gasteiger partial charge on any atom is -0.478 e. The Morgan fingerprint density at radius 2 is 1.90 bits per heavy atom. The van der Waals surface area contributed by atoms with Crippen molar-refractivity contribution in [3.8, 4) is 5.75 Å². The number of pyridine rings is 1. The zero-order valence-corrected chi connectivity index (χ0v) is 13.0. The molecule has 0 amide bonds. The van der Waals surface area contributed by atoms with Crippen LogP contribution in [-0.2, 0) is 0 Å². The summed E-state index contributed by atoms with van der Waals surface area (Å²) in [6.07, 6.45) is 0. The van der Waals surface area contributed by atoms with E-state index in [0.717, 1.165) is 5.69 Å². The van der Waals surface area contributed by atoms with E-state index in [1.54, 1.807) is 6.07 Å². The number of nitrogens with zero attached hydrogens (tertiary/aromatic N) is 3. The normalized spacial score (nSPS) is 12.5. The molecule has 104 valence electrons. The lowest BCUT2D eigenvalue weighted by molar-refractivity contribution is 0.323. The molecule has 1 heterocycles. The van der Waals surface area contributed by atoms with Gasteiger partial charge in [0.2, 0.25) is 0 Å². The first-order chi connectivity index (χ1) is 9.56. The Morgan fingerprint density at radius 1 is 1.20 bits per heavy atom. The Labute approximate surface area is 130 Å². The van der Waals surface area contributed by atoms with E-state index < -0.39 is 0 Å². The van der Waals surface area contributed by atoms with Crippen molar-refractivity contribution >= 4 is 45.6 Å². The van der Waals surface area contributed by atoms with Crippen LogP contribution in [0.5, 0.6) is 5.75 Å². The molecule has 2 rings (SSSR count). The number of nitrogens with two attached hydrogens (primary N) is 2. The summed E-state index contributed by atoms with van der Waals surface area (Å²) in [5.74, 6) is 0.946. The molecule has 0 aliphatic rings. The summed E-state index contributed by atoms with van der Waals surface area (Å²) in [7, 11) is 0. The van der Waals surface area contributed by atoms with Crippen LogP contribution in [0.3, 0.4) is 0 Å². The first-order valence-corrected chi connectivity index (χ1v) is 7.14. The third kappa shape index (κ3) is 3.80. The van der Waals surface area contributed by atoms with Crippen LogP contribution in [0, 0.1) is 0 Å². The van der Waals surface area contributed by atoms with Crippen LogP contribution in [-0.4, -0.2) is 9.09 Å². The number of hydrogen-bond donors (Lipinski definition) is 2. The third-order valence-electron chi connectivity index (χ3n) is 2.32. The van der Waals surface area contributed by atoms with Gasteiger partial charge in [-0.1, -0.05) is 18.2 Å². The quantitative estimate of drug-likeness (QED) is 0.476. The highest BCUT2D eigenvalue weighted by Gasteiger charge is 2.12. The van der Waals surface area contributed by atoms with Crippen LogP contribution in [0.1, 0.15) is 6.92 Å². The van der Waals surface area contributed by atoms with Gasteiger partial charge in [0.1, 0.15) is 9.93 Å². The SMILES string of the molecule is CC(I)Oc1cc(N)nc(N)c1/N=N/c1ccccc1. The van der Waals surface area contributed by atoms with Crippen LogP contribution in [0.2, 0.25) is 0 Å². The van der Waals surface area contributed by atoms with Crippen LogP contribution in [0.15, 0.2) is 46.6 Å². The summed E-state index contributed by atoms with van der Waals surface area (Å²) in [5.41, 5.74) is 12.6. The maximum absolute atomic E-state index is 5.83. The molecule has 0 spiro atoms. The van der Waals surface area contributed by atoms with Crippen molar-refractivity contribution in [1.29, 1.82) is 0 Å². The third-order valence-corrected chi connectivity index (χ3v) is 2.57. The van der Waals surface area contributed by atoms with Gasteiger partial charge < -0.3 is 16.2 Å². The Hall–Kier alpha value is -1.90. The average molecular weight is 383 g/mol. The van der Waals surface area contributed by atoms with Crippen molar-refractivity contribution in [3.63, 3.8) is 0 Å². The van der Waals surface area contributed by atoms with Gasteiger partial charge in [-0.2, -0.15) is 5.11 Å². The lowest BCUT2D eigenvalue weighted by atomic mass is 10.3. The number of halogens is 1. The summed E-state index contributed by atoms with van der Waals surface area (Å²) < 4.78 is 5.57. The molecule has 20 heavy (non-hydrogen) atoms. The molecule has 0 radical (unpaired) electrons. The molecule has 2 aromatic rings. The summed E-state index contributed by atoms with van der Waals surface area (Å²) in [6, 6.07) is 10.9. The number of anilines is 2. The smallest absolute Gasteiger partial charge is 0.170 e. The minimum atomic E-state index is -0.0560. The van der Waals surface area contributed by atoms with Gasteiger partial charge in [0.05, 0.1) is 5.69 Å². The maximum Gasteiger partial charge on any atom is 0.170 e. The van der Waals surface area contributed by atoms with Gasteiger partial charge in [-0.15, -0.1) is 5.11 Å². The van der Waals surface area contributed by atoms with E-state index in [2.05, 4.69) is 37.8 Å². The van der Waals surface area contributed by atoms with E-state index in [1.807, 2.05) is 37.3 Å². The van der Waals surface area contributed by atoms with Crippen LogP contribution in [0.4, 0.5) is 23.0 Å². The average Bonchev–Trinajstić information content (AvgIpc) is 2.38. The van der Waals surface area contributed by atoms with Gasteiger partial charge in [-0.05, 0) is 41.6 Å². The highest BCUT2D eigenvalue weighted by atomic mass is 127. The van der Waals surface area contributed by atoms with E-state index in [1.165, 1.54) is 0 Å². The second kappa shape index (κ2) is 6.51. The number of azo groups is 1. The first-order valence-electron chi connectivity index (χ1n) is 5.90.